The van der Waals surface area contributed by atoms with Crippen molar-refractivity contribution < 1.29 is 28.9 Å². The van der Waals surface area contributed by atoms with E-state index in [4.69, 9.17) is 8.83 Å². The van der Waals surface area contributed by atoms with Crippen LogP contribution < -0.4 is 0 Å². The molecule has 0 bridgehead atoms. The minimum atomic E-state index is 0. The quantitative estimate of drug-likeness (QED) is 0.167. The smallest absolute Gasteiger partial charge is 0.144 e. The third-order valence-corrected chi connectivity index (χ3v) is 9.29. The first-order valence-corrected chi connectivity index (χ1v) is 16.5. The molecule has 9 aromatic rings. The molecule has 0 saturated heterocycles. The molecule has 0 unspecified atom stereocenters. The fourth-order valence-electron chi connectivity index (χ4n) is 6.49. The summed E-state index contributed by atoms with van der Waals surface area (Å²) in [6.07, 6.45) is 3.77. The molecule has 0 aliphatic heterocycles. The Morgan fingerprint density at radius 3 is 2.02 bits per heavy atom. The van der Waals surface area contributed by atoms with Gasteiger partial charge in [0.05, 0.1) is 0 Å². The first-order valence-electron chi connectivity index (χ1n) is 16.5. The van der Waals surface area contributed by atoms with Crippen LogP contribution in [-0.4, -0.2) is 9.97 Å². The minimum absolute atomic E-state index is 0. The number of furan rings is 2. The number of pyridine rings is 2. The van der Waals surface area contributed by atoms with Gasteiger partial charge in [0, 0.05) is 59.6 Å². The number of aryl methyl sites for hydroxylation is 5. The number of hydrogen-bond donors (Lipinski definition) is 0. The van der Waals surface area contributed by atoms with Crippen LogP contribution >= 0.6 is 0 Å². The number of rotatable bonds is 3. The largest absolute Gasteiger partial charge is 0.456 e. The summed E-state index contributed by atoms with van der Waals surface area (Å²) in [5, 5.41) is 4.31. The van der Waals surface area contributed by atoms with Crippen LogP contribution in [0.25, 0.3) is 77.5 Å². The van der Waals surface area contributed by atoms with Crippen LogP contribution in [0.5, 0.6) is 0 Å². The summed E-state index contributed by atoms with van der Waals surface area (Å²) in [6, 6.07) is 41.6. The number of para-hydroxylation sites is 2. The van der Waals surface area contributed by atoms with Gasteiger partial charge in [-0.05, 0) is 73.5 Å². The topological polar surface area (TPSA) is 52.1 Å². The Bertz CT molecular complexity index is 2640. The third-order valence-electron chi connectivity index (χ3n) is 9.29. The number of hydrogen-bond acceptors (Lipinski definition) is 4. The maximum Gasteiger partial charge on any atom is 0.144 e. The molecule has 4 nitrogen and oxygen atoms in total. The van der Waals surface area contributed by atoms with Gasteiger partial charge in [-0.25, -0.2) is 0 Å². The Morgan fingerprint density at radius 1 is 0.560 bits per heavy atom. The van der Waals surface area contributed by atoms with E-state index in [0.717, 1.165) is 88.6 Å². The van der Waals surface area contributed by atoms with E-state index in [1.807, 2.05) is 42.7 Å². The number of benzene rings is 5. The summed E-state index contributed by atoms with van der Waals surface area (Å²) >= 11 is 0. The molecule has 4 heterocycles. The average molecular weight is 827 g/mol. The van der Waals surface area contributed by atoms with Crippen LogP contribution in [0, 0.1) is 46.8 Å². The summed E-state index contributed by atoms with van der Waals surface area (Å²) in [4.78, 5) is 9.04. The summed E-state index contributed by atoms with van der Waals surface area (Å²) in [6.45, 7) is 10.4. The molecule has 1 radical (unpaired) electrons. The average Bonchev–Trinajstić information content (AvgIpc) is 3.69. The van der Waals surface area contributed by atoms with Crippen molar-refractivity contribution in [3.8, 4) is 33.6 Å². The molecule has 0 amide bonds. The molecule has 0 aliphatic carbocycles. The van der Waals surface area contributed by atoms with Gasteiger partial charge < -0.3 is 18.8 Å². The predicted octanol–water partition coefficient (Wildman–Crippen LogP) is 12.1. The van der Waals surface area contributed by atoms with Crippen LogP contribution in [-0.2, 0) is 20.1 Å². The molecule has 0 N–H and O–H groups in total. The second-order valence-corrected chi connectivity index (χ2v) is 12.7. The van der Waals surface area contributed by atoms with Crippen LogP contribution in [0.2, 0.25) is 0 Å². The molecule has 0 fully saturated rings. The predicted molar refractivity (Wildman–Crippen MR) is 201 cm³/mol. The van der Waals surface area contributed by atoms with Crippen molar-refractivity contribution in [3.05, 3.63) is 155 Å². The summed E-state index contributed by atoms with van der Waals surface area (Å²) in [7, 11) is 0. The van der Waals surface area contributed by atoms with E-state index < -0.39 is 0 Å². The maximum absolute atomic E-state index is 6.60. The zero-order valence-corrected chi connectivity index (χ0v) is 30.9. The van der Waals surface area contributed by atoms with Crippen molar-refractivity contribution in [2.24, 2.45) is 0 Å². The Kier molecular flexibility index (Phi) is 8.96. The Labute approximate surface area is 305 Å². The normalized spacial score (nSPS) is 11.1. The molecule has 0 spiro atoms. The summed E-state index contributed by atoms with van der Waals surface area (Å²) in [5.74, 6) is 0. The van der Waals surface area contributed by atoms with Crippen LogP contribution in [0.3, 0.4) is 0 Å². The zero-order valence-electron chi connectivity index (χ0n) is 28.5. The summed E-state index contributed by atoms with van der Waals surface area (Å²) < 4.78 is 13.1. The minimum Gasteiger partial charge on any atom is -0.456 e. The van der Waals surface area contributed by atoms with Crippen molar-refractivity contribution in [2.75, 3.05) is 0 Å². The molecule has 9 rings (SSSR count). The van der Waals surface area contributed by atoms with Gasteiger partial charge in [-0.15, -0.1) is 71.3 Å². The molecule has 5 aromatic carbocycles. The SMILES string of the molecule is Cc1c[c-]c(-c2cc(C)c(C)cn2)cc1.Cc1cccc2c1oc1c(-c3ccnc(-c4[c-]cccc4)c3)c3c(cc12)oc1c(C)cccc13.[Ir]. The van der Waals surface area contributed by atoms with E-state index in [0.29, 0.717) is 0 Å². The van der Waals surface area contributed by atoms with Gasteiger partial charge in [0.15, 0.2) is 0 Å². The summed E-state index contributed by atoms with van der Waals surface area (Å²) in [5.41, 5.74) is 15.5. The second kappa shape index (κ2) is 13.5. The van der Waals surface area contributed by atoms with Gasteiger partial charge >= 0.3 is 0 Å². The van der Waals surface area contributed by atoms with Crippen molar-refractivity contribution in [1.82, 2.24) is 9.97 Å². The van der Waals surface area contributed by atoms with Gasteiger partial charge in [-0.3, -0.25) is 0 Å². The first-order chi connectivity index (χ1) is 23.9. The number of aromatic nitrogens is 2. The van der Waals surface area contributed by atoms with Crippen LogP contribution in [0.4, 0.5) is 0 Å². The Hall–Kier alpha value is -5.35. The number of fused-ring (bicyclic) bond motifs is 6. The van der Waals surface area contributed by atoms with E-state index in [1.165, 1.54) is 16.7 Å². The fraction of sp³-hybridized carbons (Fsp3) is 0.111. The van der Waals surface area contributed by atoms with Crippen molar-refractivity contribution in [3.63, 3.8) is 0 Å². The van der Waals surface area contributed by atoms with Gasteiger partial charge in [0.2, 0.25) is 0 Å². The molecule has 0 atom stereocenters. The monoisotopic (exact) mass is 827 g/mol. The van der Waals surface area contributed by atoms with Gasteiger partial charge in [0.25, 0.3) is 0 Å². The van der Waals surface area contributed by atoms with Crippen molar-refractivity contribution in [1.29, 1.82) is 0 Å². The van der Waals surface area contributed by atoms with E-state index in [2.05, 4.69) is 130 Å². The maximum atomic E-state index is 6.60. The fourth-order valence-corrected chi connectivity index (χ4v) is 6.49. The van der Waals surface area contributed by atoms with Crippen LogP contribution in [0.1, 0.15) is 27.8 Å². The molecule has 247 valence electrons. The van der Waals surface area contributed by atoms with E-state index in [-0.39, 0.29) is 20.1 Å². The molecular formula is C45H34IrN2O2-2. The molecule has 0 saturated carbocycles. The molecule has 4 aromatic heterocycles. The number of nitrogens with zero attached hydrogens (tertiary/aromatic N) is 2. The van der Waals surface area contributed by atoms with Gasteiger partial charge in [-0.2, -0.15) is 0 Å². The zero-order chi connectivity index (χ0) is 33.6. The molecular weight excluding hydrogens is 793 g/mol. The third kappa shape index (κ3) is 5.93. The van der Waals surface area contributed by atoms with E-state index in [9.17, 15) is 0 Å². The second-order valence-electron chi connectivity index (χ2n) is 12.7. The van der Waals surface area contributed by atoms with Gasteiger partial charge in [0.1, 0.15) is 22.3 Å². The molecule has 50 heavy (non-hydrogen) atoms. The van der Waals surface area contributed by atoms with Crippen molar-refractivity contribution >= 4 is 43.9 Å². The van der Waals surface area contributed by atoms with Crippen molar-refractivity contribution in [2.45, 2.75) is 34.6 Å². The van der Waals surface area contributed by atoms with E-state index in [1.54, 1.807) is 0 Å². The standard InChI is InChI=1S/C31H20NO2.C14H14N.Ir/c1-18-8-6-12-22-24-17-26-28(23-13-7-9-19(2)30(23)33-26)27(31(24)34-29(18)22)21-14-15-32-25(16-21)20-10-4-3-5-11-20;1-10-4-6-13(7-5-10)14-8-11(2)12(3)9-15-14;/h3-10,12-17H,1-2H3;4-6,8-9H,1-3H3;/q2*-1;. The van der Waals surface area contributed by atoms with Crippen LogP contribution in [0.15, 0.2) is 124 Å². The molecule has 5 heteroatoms. The first kappa shape index (κ1) is 33.2. The van der Waals surface area contributed by atoms with Gasteiger partial charge in [-0.1, -0.05) is 61.0 Å². The Balaban J connectivity index is 0.000000207. The Morgan fingerprint density at radius 2 is 1.30 bits per heavy atom. The molecule has 0 aliphatic rings. The van der Waals surface area contributed by atoms with E-state index >= 15 is 0 Å².